The second kappa shape index (κ2) is 12.8. The Balaban J connectivity index is 0.000000412. The molecule has 0 heterocycles. The van der Waals surface area contributed by atoms with Crippen LogP contribution in [-0.4, -0.2) is 70.9 Å². The van der Waals surface area contributed by atoms with Gasteiger partial charge in [-0.25, -0.2) is 0 Å². The van der Waals surface area contributed by atoms with E-state index in [1.165, 1.54) is 27.2 Å². The van der Waals surface area contributed by atoms with Crippen molar-refractivity contribution in [2.75, 3.05) is 20.8 Å². The van der Waals surface area contributed by atoms with E-state index in [-0.39, 0.29) is 70.3 Å². The minimum absolute atomic E-state index is 0.00487. The first kappa shape index (κ1) is 29.9. The van der Waals surface area contributed by atoms with Gasteiger partial charge in [-0.05, 0) is 46.1 Å². The maximum absolute atomic E-state index is 13.1. The van der Waals surface area contributed by atoms with Crippen molar-refractivity contribution < 1.29 is 44.3 Å². The molecule has 6 N–H and O–H groups in total. The molecule has 2 aliphatic carbocycles. The van der Waals surface area contributed by atoms with Gasteiger partial charge in [-0.2, -0.15) is 0 Å². The second-order valence-electron chi connectivity index (χ2n) is 8.99. The monoisotopic (exact) mass is 517 g/mol. The smallest absolute Gasteiger partial charge is 0.202 e. The summed E-state index contributed by atoms with van der Waals surface area (Å²) in [5, 5.41) is 37.8. The molecule has 0 aromatic heterocycles. The largest absolute Gasteiger partial charge is 0.507 e. The van der Waals surface area contributed by atoms with E-state index in [1.54, 1.807) is 26.0 Å². The highest BCUT2D eigenvalue weighted by Crippen LogP contribution is 2.47. The SMILES string of the molecule is CC(N)CO.COC(C)O.COc1cccc2c1C(=O)c1c(O)c3c(c(O)c1C2=O)C[C@@H](C(C)=O)CC3. The molecule has 0 fully saturated rings. The Kier molecular flexibility index (Phi) is 10.3. The number of rotatable bonds is 4. The summed E-state index contributed by atoms with van der Waals surface area (Å²) < 4.78 is 9.52. The molecule has 0 aliphatic heterocycles. The molecule has 0 spiro atoms. The first-order valence-electron chi connectivity index (χ1n) is 11.8. The van der Waals surface area contributed by atoms with Crippen molar-refractivity contribution in [3.63, 3.8) is 0 Å². The Bertz CT molecular complexity index is 1160. The van der Waals surface area contributed by atoms with Crippen LogP contribution in [-0.2, 0) is 22.4 Å². The van der Waals surface area contributed by atoms with Crippen LogP contribution in [0.1, 0.15) is 70.2 Å². The Morgan fingerprint density at radius 2 is 1.59 bits per heavy atom. The fourth-order valence-electron chi connectivity index (χ4n) is 4.15. The topological polar surface area (TPSA) is 177 Å². The van der Waals surface area contributed by atoms with Gasteiger partial charge in [0.25, 0.3) is 0 Å². The highest BCUT2D eigenvalue weighted by molar-refractivity contribution is 6.31. The number of phenols is 2. The zero-order chi connectivity index (χ0) is 28.0. The van der Waals surface area contributed by atoms with Crippen molar-refractivity contribution >= 4 is 17.3 Å². The molecule has 0 saturated heterocycles. The molecule has 202 valence electrons. The third-order valence-electron chi connectivity index (χ3n) is 6.23. The average Bonchev–Trinajstić information content (AvgIpc) is 2.88. The minimum Gasteiger partial charge on any atom is -0.507 e. The number of phenolic OH excluding ortho intramolecular Hbond substituents is 2. The normalized spacial score (nSPS) is 17.0. The fraction of sp³-hybridized carbons (Fsp3) is 0.444. The predicted octanol–water partition coefficient (Wildman–Crippen LogP) is 1.87. The number of aliphatic hydroxyl groups is 2. The number of hydrogen-bond acceptors (Lipinski definition) is 10. The minimum atomic E-state index is -0.616. The van der Waals surface area contributed by atoms with Crippen LogP contribution in [0.3, 0.4) is 0 Å². The van der Waals surface area contributed by atoms with Gasteiger partial charge in [0, 0.05) is 35.8 Å². The lowest BCUT2D eigenvalue weighted by Gasteiger charge is -2.29. The van der Waals surface area contributed by atoms with E-state index in [1.807, 2.05) is 0 Å². The summed E-state index contributed by atoms with van der Waals surface area (Å²) in [5.41, 5.74) is 5.69. The number of aromatic hydroxyl groups is 2. The molecule has 0 radical (unpaired) electrons. The number of hydrogen-bond donors (Lipinski definition) is 5. The van der Waals surface area contributed by atoms with Crippen LogP contribution in [0.15, 0.2) is 18.2 Å². The van der Waals surface area contributed by atoms with Crippen LogP contribution in [0.25, 0.3) is 0 Å². The lowest BCUT2D eigenvalue weighted by Crippen LogP contribution is -2.26. The Morgan fingerprint density at radius 1 is 1.05 bits per heavy atom. The number of carbonyl (C=O) groups excluding carboxylic acids is 3. The molecule has 0 amide bonds. The van der Waals surface area contributed by atoms with E-state index in [4.69, 9.17) is 20.7 Å². The molecule has 2 unspecified atom stereocenters. The zero-order valence-electron chi connectivity index (χ0n) is 21.7. The summed E-state index contributed by atoms with van der Waals surface area (Å²) in [7, 11) is 2.85. The van der Waals surface area contributed by atoms with E-state index in [2.05, 4.69) is 4.74 Å². The predicted molar refractivity (Wildman–Crippen MR) is 135 cm³/mol. The van der Waals surface area contributed by atoms with Gasteiger partial charge in [0.2, 0.25) is 5.78 Å². The number of benzene rings is 2. The number of Topliss-reactive ketones (excluding diaryl/α,β-unsaturated/α-hetero) is 1. The van der Waals surface area contributed by atoms with E-state index in [9.17, 15) is 24.6 Å². The highest BCUT2D eigenvalue weighted by Gasteiger charge is 2.40. The molecule has 0 saturated carbocycles. The Morgan fingerprint density at radius 3 is 2.08 bits per heavy atom. The summed E-state index contributed by atoms with van der Waals surface area (Å²) in [6, 6.07) is 4.60. The number of ether oxygens (including phenoxy) is 2. The van der Waals surface area contributed by atoms with Gasteiger partial charge >= 0.3 is 0 Å². The van der Waals surface area contributed by atoms with Crippen LogP contribution in [0.4, 0.5) is 0 Å². The van der Waals surface area contributed by atoms with Gasteiger partial charge in [0.1, 0.15) is 23.0 Å². The quantitative estimate of drug-likeness (QED) is 0.254. The van der Waals surface area contributed by atoms with Crippen LogP contribution in [0.2, 0.25) is 0 Å². The van der Waals surface area contributed by atoms with Crippen LogP contribution < -0.4 is 10.5 Å². The Hall–Kier alpha value is -3.31. The van der Waals surface area contributed by atoms with Gasteiger partial charge in [-0.3, -0.25) is 14.4 Å². The van der Waals surface area contributed by atoms with Crippen molar-refractivity contribution in [1.29, 1.82) is 0 Å². The van der Waals surface area contributed by atoms with Crippen LogP contribution in [0.5, 0.6) is 17.2 Å². The summed E-state index contributed by atoms with van der Waals surface area (Å²) in [6.07, 6.45) is 0.502. The van der Waals surface area contributed by atoms with E-state index >= 15 is 0 Å². The number of aliphatic hydroxyl groups excluding tert-OH is 2. The van der Waals surface area contributed by atoms with Crippen molar-refractivity contribution in [2.24, 2.45) is 11.7 Å². The third kappa shape index (κ3) is 6.34. The van der Waals surface area contributed by atoms with Gasteiger partial charge in [-0.15, -0.1) is 0 Å². The lowest BCUT2D eigenvalue weighted by atomic mass is 9.75. The van der Waals surface area contributed by atoms with Gasteiger partial charge in [-0.1, -0.05) is 12.1 Å². The molecule has 4 rings (SSSR count). The molecule has 3 atom stereocenters. The molecule has 37 heavy (non-hydrogen) atoms. The standard InChI is InChI=1S/C21H18O6.C3H9NO.C3H8O2/c1-9(22)10-6-7-11-13(8-10)20(25)16-17(18(11)23)21(26)15-12(19(16)24)4-3-5-14(15)27-2;1-3(4)2-5;1-3(4)5-2/h3-5,10,23,25H,6-8H2,1-2H3;3,5H,2,4H2,1H3;3-4H,1-2H3/t10-;;/m0../s1. The van der Waals surface area contributed by atoms with Gasteiger partial charge in [0.05, 0.1) is 30.4 Å². The number of carbonyl (C=O) groups is 3. The molecule has 2 aromatic rings. The van der Waals surface area contributed by atoms with Crippen molar-refractivity contribution in [3.05, 3.63) is 51.6 Å². The van der Waals surface area contributed by atoms with Crippen LogP contribution in [0, 0.1) is 5.92 Å². The van der Waals surface area contributed by atoms with Gasteiger partial charge < -0.3 is 35.6 Å². The molecular weight excluding hydrogens is 482 g/mol. The van der Waals surface area contributed by atoms with Crippen molar-refractivity contribution in [3.8, 4) is 17.2 Å². The average molecular weight is 518 g/mol. The number of nitrogens with two attached hydrogens (primary N) is 1. The van der Waals surface area contributed by atoms with Crippen molar-refractivity contribution in [2.45, 2.75) is 52.4 Å². The van der Waals surface area contributed by atoms with E-state index < -0.39 is 17.9 Å². The first-order chi connectivity index (χ1) is 17.4. The molecule has 10 nitrogen and oxygen atoms in total. The van der Waals surface area contributed by atoms with Crippen LogP contribution >= 0.6 is 0 Å². The lowest BCUT2D eigenvalue weighted by molar-refractivity contribution is -0.121. The highest BCUT2D eigenvalue weighted by atomic mass is 16.6. The fourth-order valence-corrected chi connectivity index (χ4v) is 4.15. The number of fused-ring (bicyclic) bond motifs is 3. The van der Waals surface area contributed by atoms with E-state index in [0.717, 1.165) is 0 Å². The summed E-state index contributed by atoms with van der Waals surface area (Å²) in [4.78, 5) is 37.9. The van der Waals surface area contributed by atoms with E-state index in [0.29, 0.717) is 24.0 Å². The molecule has 0 bridgehead atoms. The maximum atomic E-state index is 13.1. The maximum Gasteiger partial charge on any atom is 0.202 e. The summed E-state index contributed by atoms with van der Waals surface area (Å²) in [6.45, 7) is 4.88. The second-order valence-corrected chi connectivity index (χ2v) is 8.99. The summed E-state index contributed by atoms with van der Waals surface area (Å²) in [5.74, 6) is -1.73. The third-order valence-corrected chi connectivity index (χ3v) is 6.23. The first-order valence-corrected chi connectivity index (χ1v) is 11.8. The number of methoxy groups -OCH3 is 2. The molecule has 10 heteroatoms. The zero-order valence-corrected chi connectivity index (χ0v) is 21.7. The van der Waals surface area contributed by atoms with Crippen molar-refractivity contribution in [1.82, 2.24) is 0 Å². The van der Waals surface area contributed by atoms with Gasteiger partial charge in [0.15, 0.2) is 12.1 Å². The molecule has 2 aromatic carbocycles. The number of ketones is 3. The molecule has 2 aliphatic rings. The molecular formula is C27H35NO9. The Labute approximate surface area is 215 Å². The summed E-state index contributed by atoms with van der Waals surface area (Å²) >= 11 is 0.